The van der Waals surface area contributed by atoms with Gasteiger partial charge in [-0.05, 0) is 19.9 Å². The third-order valence-electron chi connectivity index (χ3n) is 2.81. The fourth-order valence-corrected chi connectivity index (χ4v) is 4.93. The van der Waals surface area contributed by atoms with Crippen molar-refractivity contribution in [3.05, 3.63) is 29.1 Å². The van der Waals surface area contributed by atoms with Gasteiger partial charge in [-0.1, -0.05) is 6.92 Å². The summed E-state index contributed by atoms with van der Waals surface area (Å²) in [4.78, 5) is 0. The highest BCUT2D eigenvalue weighted by Gasteiger charge is 2.46. The van der Waals surface area contributed by atoms with Crippen molar-refractivity contribution in [2.24, 2.45) is 0 Å². The molecule has 0 spiro atoms. The lowest BCUT2D eigenvalue weighted by Gasteiger charge is -2.29. The average molecular weight is 314 g/mol. The van der Waals surface area contributed by atoms with Crippen LogP contribution in [0.25, 0.3) is 0 Å². The van der Waals surface area contributed by atoms with Gasteiger partial charge in [0.15, 0.2) is 23.3 Å². The molecule has 0 saturated heterocycles. The lowest BCUT2D eigenvalue weighted by atomic mass is 10.3. The fourth-order valence-electron chi connectivity index (χ4n) is 1.97. The molecule has 114 valence electrons. The SMILES string of the molecule is CCO[Si](CC)(OCC)c1c(F)c(F)c(F)c(F)c1F. The van der Waals surface area contributed by atoms with E-state index < -0.39 is 42.8 Å². The molecule has 1 aromatic rings. The highest BCUT2D eigenvalue weighted by Crippen LogP contribution is 2.23. The van der Waals surface area contributed by atoms with Crippen molar-refractivity contribution in [1.29, 1.82) is 0 Å². The topological polar surface area (TPSA) is 18.5 Å². The zero-order chi connectivity index (χ0) is 15.5. The van der Waals surface area contributed by atoms with Gasteiger partial charge in [-0.15, -0.1) is 0 Å². The fraction of sp³-hybridized carbons (Fsp3) is 0.500. The summed E-state index contributed by atoms with van der Waals surface area (Å²) in [6, 6.07) is 0.0209. The van der Waals surface area contributed by atoms with Crippen LogP contribution in [0.2, 0.25) is 6.04 Å². The minimum Gasteiger partial charge on any atom is -0.391 e. The molecule has 20 heavy (non-hydrogen) atoms. The summed E-state index contributed by atoms with van der Waals surface area (Å²) < 4.78 is 78.0. The van der Waals surface area contributed by atoms with Gasteiger partial charge in [0.05, 0.1) is 5.19 Å². The van der Waals surface area contributed by atoms with Crippen molar-refractivity contribution in [3.8, 4) is 0 Å². The van der Waals surface area contributed by atoms with Crippen molar-refractivity contribution < 1.29 is 30.8 Å². The van der Waals surface area contributed by atoms with E-state index in [0.29, 0.717) is 0 Å². The summed E-state index contributed by atoms with van der Waals surface area (Å²) in [5.41, 5.74) is 0. The Kier molecular flexibility index (Phi) is 5.66. The Balaban J connectivity index is 3.63. The van der Waals surface area contributed by atoms with E-state index in [9.17, 15) is 22.0 Å². The van der Waals surface area contributed by atoms with Gasteiger partial charge in [-0.3, -0.25) is 0 Å². The quantitative estimate of drug-likeness (QED) is 0.348. The van der Waals surface area contributed by atoms with Gasteiger partial charge in [-0.2, -0.15) is 0 Å². The minimum atomic E-state index is -3.72. The number of hydrogen-bond acceptors (Lipinski definition) is 2. The van der Waals surface area contributed by atoms with Crippen molar-refractivity contribution in [2.75, 3.05) is 13.2 Å². The van der Waals surface area contributed by atoms with Crippen LogP contribution in [0.4, 0.5) is 22.0 Å². The molecular weight excluding hydrogens is 299 g/mol. The maximum atomic E-state index is 13.9. The monoisotopic (exact) mass is 314 g/mol. The highest BCUT2D eigenvalue weighted by molar-refractivity contribution is 6.81. The van der Waals surface area contributed by atoms with E-state index in [0.717, 1.165) is 0 Å². The summed E-state index contributed by atoms with van der Waals surface area (Å²) in [6.07, 6.45) is 0. The van der Waals surface area contributed by atoms with Crippen LogP contribution in [0.5, 0.6) is 0 Å². The molecule has 8 heteroatoms. The van der Waals surface area contributed by atoms with E-state index >= 15 is 0 Å². The van der Waals surface area contributed by atoms with Gasteiger partial charge >= 0.3 is 8.56 Å². The van der Waals surface area contributed by atoms with Crippen LogP contribution in [-0.2, 0) is 8.85 Å². The Morgan fingerprint density at radius 3 is 1.35 bits per heavy atom. The summed E-state index contributed by atoms with van der Waals surface area (Å²) in [6.45, 7) is 4.72. The molecule has 0 N–H and O–H groups in total. The maximum Gasteiger partial charge on any atom is 0.378 e. The molecule has 0 bridgehead atoms. The van der Waals surface area contributed by atoms with Crippen LogP contribution in [0, 0.1) is 29.1 Å². The van der Waals surface area contributed by atoms with E-state index in [1.165, 1.54) is 6.92 Å². The molecule has 0 aliphatic rings. The normalized spacial score (nSPS) is 12.0. The Hall–Kier alpha value is -0.993. The molecular formula is C12H15F5O2Si. The molecule has 0 amide bonds. The van der Waals surface area contributed by atoms with Gasteiger partial charge < -0.3 is 8.85 Å². The smallest absolute Gasteiger partial charge is 0.378 e. The van der Waals surface area contributed by atoms with Crippen LogP contribution < -0.4 is 5.19 Å². The molecule has 0 saturated carbocycles. The predicted molar refractivity (Wildman–Crippen MR) is 65.4 cm³/mol. The first-order valence-electron chi connectivity index (χ1n) is 6.16. The van der Waals surface area contributed by atoms with Crippen LogP contribution in [0.1, 0.15) is 20.8 Å². The van der Waals surface area contributed by atoms with Gasteiger partial charge in [0, 0.05) is 13.2 Å². The van der Waals surface area contributed by atoms with E-state index in [-0.39, 0.29) is 19.3 Å². The van der Waals surface area contributed by atoms with Gasteiger partial charge in [0.1, 0.15) is 0 Å². The lowest BCUT2D eigenvalue weighted by Crippen LogP contribution is -2.57. The van der Waals surface area contributed by atoms with Crippen molar-refractivity contribution >= 4 is 13.7 Å². The number of benzene rings is 1. The molecule has 0 aliphatic heterocycles. The Labute approximate surface area is 114 Å². The molecule has 1 aromatic carbocycles. The Morgan fingerprint density at radius 2 is 1.05 bits per heavy atom. The van der Waals surface area contributed by atoms with E-state index in [2.05, 4.69) is 0 Å². The molecule has 0 aliphatic carbocycles. The lowest BCUT2D eigenvalue weighted by molar-refractivity contribution is 0.194. The van der Waals surface area contributed by atoms with Crippen molar-refractivity contribution in [1.82, 2.24) is 0 Å². The maximum absolute atomic E-state index is 13.9. The van der Waals surface area contributed by atoms with Crippen LogP contribution in [-0.4, -0.2) is 21.8 Å². The minimum absolute atomic E-state index is 0.0209. The summed E-state index contributed by atoms with van der Waals surface area (Å²) in [7, 11) is -3.72. The Bertz CT molecular complexity index is 460. The standard InChI is InChI=1S/C12H15F5O2Si/c1-4-18-20(6-3,19-5-2)12-10(16)8(14)7(13)9(15)11(12)17/h4-6H2,1-3H3. The molecule has 0 fully saturated rings. The highest BCUT2D eigenvalue weighted by atomic mass is 28.4. The number of hydrogen-bond donors (Lipinski definition) is 0. The van der Waals surface area contributed by atoms with Gasteiger partial charge in [-0.25, -0.2) is 22.0 Å². The summed E-state index contributed by atoms with van der Waals surface area (Å²) in [5, 5.41) is -0.958. The third-order valence-corrected chi connectivity index (χ3v) is 6.45. The first-order chi connectivity index (χ1) is 9.36. The predicted octanol–water partition coefficient (Wildman–Crippen LogP) is 3.12. The van der Waals surface area contributed by atoms with Crippen molar-refractivity contribution in [2.45, 2.75) is 26.8 Å². The van der Waals surface area contributed by atoms with Crippen molar-refractivity contribution in [3.63, 3.8) is 0 Å². The van der Waals surface area contributed by atoms with Crippen LogP contribution >= 0.6 is 0 Å². The first-order valence-corrected chi connectivity index (χ1v) is 8.18. The molecule has 2 nitrogen and oxygen atoms in total. The van der Waals surface area contributed by atoms with E-state index in [4.69, 9.17) is 8.85 Å². The second-order valence-electron chi connectivity index (χ2n) is 3.92. The molecule has 0 unspecified atom stereocenters. The molecule has 0 atom stereocenters. The number of rotatable bonds is 6. The van der Waals surface area contributed by atoms with Gasteiger partial charge in [0.25, 0.3) is 0 Å². The summed E-state index contributed by atoms with van der Waals surface area (Å²) >= 11 is 0. The van der Waals surface area contributed by atoms with E-state index in [1.807, 2.05) is 0 Å². The Morgan fingerprint density at radius 1 is 0.700 bits per heavy atom. The largest absolute Gasteiger partial charge is 0.391 e. The average Bonchev–Trinajstić information content (AvgIpc) is 2.43. The molecule has 0 radical (unpaired) electrons. The molecule has 1 rings (SSSR count). The second-order valence-corrected chi connectivity index (χ2v) is 7.21. The third kappa shape index (κ3) is 2.72. The zero-order valence-electron chi connectivity index (χ0n) is 11.3. The van der Waals surface area contributed by atoms with Crippen LogP contribution in [0.15, 0.2) is 0 Å². The molecule has 0 aromatic heterocycles. The van der Waals surface area contributed by atoms with E-state index in [1.54, 1.807) is 13.8 Å². The van der Waals surface area contributed by atoms with Gasteiger partial charge in [0.2, 0.25) is 5.82 Å². The molecule has 0 heterocycles. The zero-order valence-corrected chi connectivity index (χ0v) is 12.3. The second kappa shape index (κ2) is 6.64. The number of halogens is 5. The first kappa shape index (κ1) is 17.1. The summed E-state index contributed by atoms with van der Waals surface area (Å²) in [5.74, 6) is -9.91. The van der Waals surface area contributed by atoms with Crippen LogP contribution in [0.3, 0.4) is 0 Å².